The van der Waals surface area contributed by atoms with Crippen molar-refractivity contribution in [2.24, 2.45) is 0 Å². The molecule has 0 unspecified atom stereocenters. The van der Waals surface area contributed by atoms with Crippen LogP contribution in [0.1, 0.15) is 20.8 Å². The van der Waals surface area contributed by atoms with Crippen LogP contribution in [-0.2, 0) is 19.6 Å². The van der Waals surface area contributed by atoms with E-state index in [0.29, 0.717) is 5.02 Å². The highest BCUT2D eigenvalue weighted by atomic mass is 35.5. The van der Waals surface area contributed by atoms with Gasteiger partial charge in [-0.2, -0.15) is 4.31 Å². The van der Waals surface area contributed by atoms with E-state index in [1.807, 2.05) is 0 Å². The first-order chi connectivity index (χ1) is 12.5. The Kier molecular flexibility index (Phi) is 6.72. The van der Waals surface area contributed by atoms with Crippen molar-refractivity contribution in [3.8, 4) is 0 Å². The summed E-state index contributed by atoms with van der Waals surface area (Å²) in [5.74, 6) is -0.288. The number of nitrogens with one attached hydrogen (secondary N) is 1. The monoisotopic (exact) mass is 417 g/mol. The lowest BCUT2D eigenvalue weighted by molar-refractivity contribution is -0.131. The number of nitrogens with zero attached hydrogens (tertiary/aromatic N) is 2. The molecule has 1 aromatic carbocycles. The molecule has 0 saturated carbocycles. The highest BCUT2D eigenvalue weighted by molar-refractivity contribution is 7.89. The summed E-state index contributed by atoms with van der Waals surface area (Å²) in [5, 5.41) is 2.87. The van der Waals surface area contributed by atoms with Gasteiger partial charge in [-0.05, 0) is 45.0 Å². The van der Waals surface area contributed by atoms with Crippen molar-refractivity contribution < 1.29 is 22.7 Å². The average Bonchev–Trinajstić information content (AvgIpc) is 2.58. The van der Waals surface area contributed by atoms with Crippen molar-refractivity contribution >= 4 is 33.6 Å². The van der Waals surface area contributed by atoms with Crippen LogP contribution in [0.25, 0.3) is 0 Å². The molecule has 1 N–H and O–H groups in total. The maximum atomic E-state index is 12.6. The second-order valence-corrected chi connectivity index (χ2v) is 9.47. The zero-order valence-electron chi connectivity index (χ0n) is 15.6. The quantitative estimate of drug-likeness (QED) is 0.804. The number of rotatable bonds is 4. The lowest BCUT2D eigenvalue weighted by Crippen LogP contribution is -2.52. The van der Waals surface area contributed by atoms with Gasteiger partial charge in [0.25, 0.3) is 0 Å². The molecule has 1 saturated heterocycles. The van der Waals surface area contributed by atoms with E-state index in [9.17, 15) is 18.0 Å². The Labute approximate surface area is 164 Å². The van der Waals surface area contributed by atoms with Crippen molar-refractivity contribution in [2.45, 2.75) is 31.3 Å². The van der Waals surface area contributed by atoms with Crippen molar-refractivity contribution in [2.75, 3.05) is 32.7 Å². The number of alkyl carbamates (subject to hydrolysis) is 1. The van der Waals surface area contributed by atoms with Gasteiger partial charge in [0, 0.05) is 31.2 Å². The van der Waals surface area contributed by atoms with Crippen molar-refractivity contribution in [3.05, 3.63) is 29.3 Å². The van der Waals surface area contributed by atoms with Gasteiger partial charge in [0.2, 0.25) is 15.9 Å². The van der Waals surface area contributed by atoms with Gasteiger partial charge in [0.15, 0.2) is 0 Å². The van der Waals surface area contributed by atoms with Crippen LogP contribution in [0.5, 0.6) is 0 Å². The zero-order valence-corrected chi connectivity index (χ0v) is 17.1. The molecular formula is C17H24ClN3O5S. The molecule has 0 aromatic heterocycles. The molecule has 0 aliphatic carbocycles. The minimum Gasteiger partial charge on any atom is -0.444 e. The summed E-state index contributed by atoms with van der Waals surface area (Å²) in [6, 6.07) is 5.97. The highest BCUT2D eigenvalue weighted by Crippen LogP contribution is 2.19. The predicted octanol–water partition coefficient (Wildman–Crippen LogP) is 1.70. The van der Waals surface area contributed by atoms with Gasteiger partial charge < -0.3 is 15.0 Å². The maximum Gasteiger partial charge on any atom is 0.408 e. The van der Waals surface area contributed by atoms with Gasteiger partial charge in [0.1, 0.15) is 12.1 Å². The lowest BCUT2D eigenvalue weighted by atomic mass is 10.2. The summed E-state index contributed by atoms with van der Waals surface area (Å²) in [6.45, 7) is 5.87. The summed E-state index contributed by atoms with van der Waals surface area (Å²) in [7, 11) is -3.63. The van der Waals surface area contributed by atoms with Crippen LogP contribution in [0.4, 0.5) is 4.79 Å². The first-order valence-electron chi connectivity index (χ1n) is 8.49. The van der Waals surface area contributed by atoms with Crippen LogP contribution in [0.15, 0.2) is 29.2 Å². The molecule has 1 fully saturated rings. The lowest BCUT2D eigenvalue weighted by Gasteiger charge is -2.34. The van der Waals surface area contributed by atoms with Gasteiger partial charge in [0.05, 0.1) is 4.90 Å². The molecule has 1 aromatic rings. The number of carbonyl (C=O) groups is 2. The van der Waals surface area contributed by atoms with E-state index in [0.717, 1.165) is 0 Å². The number of ether oxygens (including phenoxy) is 1. The molecule has 1 aliphatic rings. The minimum absolute atomic E-state index is 0.165. The molecular weight excluding hydrogens is 394 g/mol. The Morgan fingerprint density at radius 1 is 1.11 bits per heavy atom. The molecule has 27 heavy (non-hydrogen) atoms. The number of sulfonamides is 1. The van der Waals surface area contributed by atoms with Gasteiger partial charge in [-0.15, -0.1) is 0 Å². The molecule has 10 heteroatoms. The van der Waals surface area contributed by atoms with E-state index >= 15 is 0 Å². The highest BCUT2D eigenvalue weighted by Gasteiger charge is 2.30. The van der Waals surface area contributed by atoms with Crippen molar-refractivity contribution in [3.63, 3.8) is 0 Å². The molecule has 2 rings (SSSR count). The summed E-state index contributed by atoms with van der Waals surface area (Å²) in [4.78, 5) is 25.5. The zero-order chi connectivity index (χ0) is 20.2. The van der Waals surface area contributed by atoms with Gasteiger partial charge in [-0.25, -0.2) is 13.2 Å². The summed E-state index contributed by atoms with van der Waals surface area (Å²) in [5.41, 5.74) is -0.644. The smallest absolute Gasteiger partial charge is 0.408 e. The molecule has 1 heterocycles. The predicted molar refractivity (Wildman–Crippen MR) is 101 cm³/mol. The molecule has 150 valence electrons. The number of halogens is 1. The Hall–Kier alpha value is -1.84. The van der Waals surface area contributed by atoms with Crippen molar-refractivity contribution in [1.29, 1.82) is 0 Å². The van der Waals surface area contributed by atoms with Crippen LogP contribution < -0.4 is 5.32 Å². The van der Waals surface area contributed by atoms with Gasteiger partial charge >= 0.3 is 6.09 Å². The topological polar surface area (TPSA) is 96.0 Å². The largest absolute Gasteiger partial charge is 0.444 e. The first-order valence-corrected chi connectivity index (χ1v) is 10.3. The Bertz CT molecular complexity index is 782. The van der Waals surface area contributed by atoms with Crippen LogP contribution >= 0.6 is 11.6 Å². The molecule has 0 radical (unpaired) electrons. The molecule has 8 nitrogen and oxygen atoms in total. The number of carbonyl (C=O) groups excluding carboxylic acids is 2. The Morgan fingerprint density at radius 3 is 2.19 bits per heavy atom. The Morgan fingerprint density at radius 2 is 1.67 bits per heavy atom. The fraction of sp³-hybridized carbons (Fsp3) is 0.529. The number of piperazine rings is 1. The van der Waals surface area contributed by atoms with Crippen LogP contribution in [0.2, 0.25) is 5.02 Å². The van der Waals surface area contributed by atoms with E-state index in [4.69, 9.17) is 16.3 Å². The standard InChI is InChI=1S/C17H24ClN3O5S/c1-17(2,3)26-16(23)19-12-15(22)20-8-10-21(11-9-20)27(24,25)14-6-4-13(18)5-7-14/h4-7H,8-12H2,1-3H3,(H,19,23). The van der Waals surface area contributed by atoms with Crippen LogP contribution in [0.3, 0.4) is 0 Å². The molecule has 0 spiro atoms. The number of hydrogen-bond donors (Lipinski definition) is 1. The molecule has 0 bridgehead atoms. The third-order valence-electron chi connectivity index (χ3n) is 3.83. The molecule has 0 atom stereocenters. The third kappa shape index (κ3) is 6.08. The third-order valence-corrected chi connectivity index (χ3v) is 5.99. The maximum absolute atomic E-state index is 12.6. The number of benzene rings is 1. The fourth-order valence-electron chi connectivity index (χ4n) is 2.51. The average molecular weight is 418 g/mol. The van der Waals surface area contributed by atoms with Gasteiger partial charge in [-0.1, -0.05) is 11.6 Å². The second-order valence-electron chi connectivity index (χ2n) is 7.09. The first kappa shape index (κ1) is 21.5. The van der Waals surface area contributed by atoms with E-state index in [2.05, 4.69) is 5.32 Å². The molecule has 1 aliphatic heterocycles. The molecule has 2 amide bonds. The minimum atomic E-state index is -3.63. The fourth-order valence-corrected chi connectivity index (χ4v) is 4.06. The van der Waals surface area contributed by atoms with Gasteiger partial charge in [-0.3, -0.25) is 4.79 Å². The van der Waals surface area contributed by atoms with Crippen LogP contribution in [-0.4, -0.2) is 67.9 Å². The van der Waals surface area contributed by atoms with Crippen LogP contribution in [0, 0.1) is 0 Å². The number of amides is 2. The summed E-state index contributed by atoms with van der Waals surface area (Å²) < 4.78 is 31.7. The number of hydrogen-bond acceptors (Lipinski definition) is 5. The van der Waals surface area contributed by atoms with E-state index < -0.39 is 21.7 Å². The van der Waals surface area contributed by atoms with E-state index in [1.54, 1.807) is 20.8 Å². The Balaban J connectivity index is 1.86. The van der Waals surface area contributed by atoms with E-state index in [1.165, 1.54) is 33.5 Å². The summed E-state index contributed by atoms with van der Waals surface area (Å²) >= 11 is 5.80. The SMILES string of the molecule is CC(C)(C)OC(=O)NCC(=O)N1CCN(S(=O)(=O)c2ccc(Cl)cc2)CC1. The van der Waals surface area contributed by atoms with Crippen molar-refractivity contribution in [1.82, 2.24) is 14.5 Å². The normalized spacial score (nSPS) is 16.1. The second kappa shape index (κ2) is 8.45. The van der Waals surface area contributed by atoms with E-state index in [-0.39, 0.29) is 43.5 Å². The summed E-state index contributed by atoms with van der Waals surface area (Å²) in [6.07, 6.45) is -0.667.